The van der Waals surface area contributed by atoms with Gasteiger partial charge < -0.3 is 14.9 Å². The number of aliphatic carboxylic acids is 1. The summed E-state index contributed by atoms with van der Waals surface area (Å²) in [6, 6.07) is 0.355. The second-order valence-corrected chi connectivity index (χ2v) is 5.87. The van der Waals surface area contributed by atoms with Crippen molar-refractivity contribution < 1.29 is 14.7 Å². The number of hydrogen-bond donors (Lipinski definition) is 1. The smallest absolute Gasteiger partial charge is 0.319 e. The van der Waals surface area contributed by atoms with Crippen LogP contribution in [0.1, 0.15) is 33.6 Å². The summed E-state index contributed by atoms with van der Waals surface area (Å²) < 4.78 is 0. The summed E-state index contributed by atoms with van der Waals surface area (Å²) in [6.07, 6.45) is 2.32. The number of carboxylic acids is 1. The van der Waals surface area contributed by atoms with Crippen molar-refractivity contribution in [2.24, 2.45) is 5.92 Å². The topological polar surface area (TPSA) is 64.1 Å². The van der Waals surface area contributed by atoms with Crippen LogP contribution in [-0.4, -0.2) is 77.6 Å². The lowest BCUT2D eigenvalue weighted by Gasteiger charge is -2.32. The Bertz CT molecular complexity index is 362. The number of carbonyl (C=O) groups is 2. The summed E-state index contributed by atoms with van der Waals surface area (Å²) in [5.41, 5.74) is 0. The molecule has 6 heteroatoms. The minimum Gasteiger partial charge on any atom is -0.481 e. The molecule has 1 saturated heterocycles. The Morgan fingerprint density at radius 1 is 1.38 bits per heavy atom. The summed E-state index contributed by atoms with van der Waals surface area (Å²) in [7, 11) is 1.81. The van der Waals surface area contributed by atoms with E-state index in [0.29, 0.717) is 19.1 Å². The van der Waals surface area contributed by atoms with E-state index in [1.807, 2.05) is 14.0 Å². The average Bonchev–Trinajstić information content (AvgIpc) is 2.90. The zero-order valence-corrected chi connectivity index (χ0v) is 13.7. The molecule has 0 bridgehead atoms. The van der Waals surface area contributed by atoms with Crippen molar-refractivity contribution in [3.8, 4) is 0 Å². The van der Waals surface area contributed by atoms with Crippen LogP contribution in [0.25, 0.3) is 0 Å². The van der Waals surface area contributed by atoms with E-state index in [9.17, 15) is 9.59 Å². The van der Waals surface area contributed by atoms with E-state index >= 15 is 0 Å². The molecule has 2 unspecified atom stereocenters. The summed E-state index contributed by atoms with van der Waals surface area (Å²) in [5, 5.41) is 8.98. The number of hydrogen-bond acceptors (Lipinski definition) is 3. The van der Waals surface area contributed by atoms with E-state index < -0.39 is 11.9 Å². The number of amides is 2. The minimum atomic E-state index is -0.864. The third-order valence-corrected chi connectivity index (χ3v) is 4.28. The molecule has 0 aromatic rings. The van der Waals surface area contributed by atoms with Gasteiger partial charge in [-0.2, -0.15) is 0 Å². The van der Waals surface area contributed by atoms with Crippen molar-refractivity contribution in [3.63, 3.8) is 0 Å². The maximum Gasteiger partial charge on any atom is 0.319 e. The Morgan fingerprint density at radius 2 is 2.05 bits per heavy atom. The van der Waals surface area contributed by atoms with Gasteiger partial charge in [0.05, 0.1) is 5.92 Å². The zero-order chi connectivity index (χ0) is 16.0. The zero-order valence-electron chi connectivity index (χ0n) is 13.7. The first-order valence-electron chi connectivity index (χ1n) is 7.87. The number of rotatable bonds is 7. The summed E-state index contributed by atoms with van der Waals surface area (Å²) >= 11 is 0. The molecule has 122 valence electrons. The molecule has 0 aromatic carbocycles. The van der Waals surface area contributed by atoms with Gasteiger partial charge in [0, 0.05) is 32.7 Å². The summed E-state index contributed by atoms with van der Waals surface area (Å²) in [6.45, 7) is 9.29. The van der Waals surface area contributed by atoms with Crippen LogP contribution in [0, 0.1) is 5.92 Å². The van der Waals surface area contributed by atoms with Crippen molar-refractivity contribution in [2.45, 2.75) is 39.7 Å². The standard InChI is InChI=1S/C15H29N3O3/c1-5-17-9-7-8-13(17)11-16(4)15(21)18(6-2)10-12(3)14(19)20/h12-13H,5-11H2,1-4H3,(H,19,20). The highest BCUT2D eigenvalue weighted by molar-refractivity contribution is 5.76. The van der Waals surface area contributed by atoms with Gasteiger partial charge >= 0.3 is 12.0 Å². The van der Waals surface area contributed by atoms with Crippen LogP contribution in [-0.2, 0) is 4.79 Å². The number of nitrogens with zero attached hydrogens (tertiary/aromatic N) is 3. The Kier molecular flexibility index (Phi) is 6.95. The fraction of sp³-hybridized carbons (Fsp3) is 0.867. The van der Waals surface area contributed by atoms with E-state index in [1.54, 1.807) is 16.7 Å². The number of likely N-dealkylation sites (tertiary alicyclic amines) is 1. The van der Waals surface area contributed by atoms with Crippen molar-refractivity contribution in [1.82, 2.24) is 14.7 Å². The van der Waals surface area contributed by atoms with Gasteiger partial charge in [-0.25, -0.2) is 4.79 Å². The molecule has 0 saturated carbocycles. The molecule has 0 aliphatic carbocycles. The van der Waals surface area contributed by atoms with Crippen LogP contribution in [0.15, 0.2) is 0 Å². The maximum absolute atomic E-state index is 12.5. The molecule has 2 amide bonds. The molecule has 0 aromatic heterocycles. The molecule has 0 radical (unpaired) electrons. The number of carbonyl (C=O) groups excluding carboxylic acids is 1. The van der Waals surface area contributed by atoms with Gasteiger partial charge in [0.15, 0.2) is 0 Å². The van der Waals surface area contributed by atoms with Crippen molar-refractivity contribution in [2.75, 3.05) is 39.8 Å². The Labute approximate surface area is 127 Å². The molecule has 6 nitrogen and oxygen atoms in total. The maximum atomic E-state index is 12.5. The van der Waals surface area contributed by atoms with Gasteiger partial charge in [-0.15, -0.1) is 0 Å². The number of carboxylic acid groups (broad SMARTS) is 1. The first-order chi connectivity index (χ1) is 9.90. The SMILES string of the molecule is CCN(CC(C)C(=O)O)C(=O)N(C)CC1CCCN1CC. The van der Waals surface area contributed by atoms with Crippen molar-refractivity contribution >= 4 is 12.0 Å². The van der Waals surface area contributed by atoms with E-state index in [4.69, 9.17) is 5.11 Å². The fourth-order valence-corrected chi connectivity index (χ4v) is 2.90. The highest BCUT2D eigenvalue weighted by Gasteiger charge is 2.28. The molecular formula is C15H29N3O3. The molecule has 1 N–H and O–H groups in total. The highest BCUT2D eigenvalue weighted by atomic mass is 16.4. The number of urea groups is 1. The lowest BCUT2D eigenvalue weighted by atomic mass is 10.1. The largest absolute Gasteiger partial charge is 0.481 e. The monoisotopic (exact) mass is 299 g/mol. The third kappa shape index (κ3) is 4.88. The van der Waals surface area contributed by atoms with Gasteiger partial charge in [-0.1, -0.05) is 13.8 Å². The van der Waals surface area contributed by atoms with Gasteiger partial charge in [0.1, 0.15) is 0 Å². The molecule has 1 aliphatic heterocycles. The molecule has 0 spiro atoms. The summed E-state index contributed by atoms with van der Waals surface area (Å²) in [5.74, 6) is -1.40. The quantitative estimate of drug-likeness (QED) is 0.775. The van der Waals surface area contributed by atoms with Crippen LogP contribution >= 0.6 is 0 Å². The molecular weight excluding hydrogens is 270 g/mol. The first kappa shape index (κ1) is 17.8. The Hall–Kier alpha value is -1.30. The van der Waals surface area contributed by atoms with Gasteiger partial charge in [-0.05, 0) is 32.9 Å². The van der Waals surface area contributed by atoms with Crippen LogP contribution in [0.3, 0.4) is 0 Å². The fourth-order valence-electron chi connectivity index (χ4n) is 2.90. The average molecular weight is 299 g/mol. The van der Waals surface area contributed by atoms with Crippen LogP contribution in [0.5, 0.6) is 0 Å². The van der Waals surface area contributed by atoms with E-state index in [2.05, 4.69) is 11.8 Å². The number of likely N-dealkylation sites (N-methyl/N-ethyl adjacent to an activating group) is 2. The normalized spacial score (nSPS) is 20.3. The van der Waals surface area contributed by atoms with Crippen molar-refractivity contribution in [1.29, 1.82) is 0 Å². The first-order valence-corrected chi connectivity index (χ1v) is 7.87. The van der Waals surface area contributed by atoms with Crippen LogP contribution in [0.2, 0.25) is 0 Å². The highest BCUT2D eigenvalue weighted by Crippen LogP contribution is 2.17. The Balaban J connectivity index is 2.56. The third-order valence-electron chi connectivity index (χ3n) is 4.28. The van der Waals surface area contributed by atoms with Gasteiger partial charge in [-0.3, -0.25) is 9.69 Å². The lowest BCUT2D eigenvalue weighted by molar-refractivity contribution is -0.141. The second kappa shape index (κ2) is 8.22. The van der Waals surface area contributed by atoms with E-state index in [-0.39, 0.29) is 12.6 Å². The Morgan fingerprint density at radius 3 is 2.57 bits per heavy atom. The van der Waals surface area contributed by atoms with Gasteiger partial charge in [0.2, 0.25) is 0 Å². The summed E-state index contributed by atoms with van der Waals surface area (Å²) in [4.78, 5) is 29.2. The lowest BCUT2D eigenvalue weighted by Crippen LogP contribution is -2.48. The van der Waals surface area contributed by atoms with Crippen LogP contribution in [0.4, 0.5) is 4.79 Å². The van der Waals surface area contributed by atoms with Crippen LogP contribution < -0.4 is 0 Å². The predicted molar refractivity (Wildman–Crippen MR) is 82.3 cm³/mol. The second-order valence-electron chi connectivity index (χ2n) is 5.87. The molecule has 1 rings (SSSR count). The molecule has 1 aliphatic rings. The van der Waals surface area contributed by atoms with Gasteiger partial charge in [0.25, 0.3) is 0 Å². The van der Waals surface area contributed by atoms with E-state index in [1.165, 1.54) is 6.42 Å². The molecule has 1 fully saturated rings. The molecule has 21 heavy (non-hydrogen) atoms. The molecule has 1 heterocycles. The van der Waals surface area contributed by atoms with E-state index in [0.717, 1.165) is 19.5 Å². The van der Waals surface area contributed by atoms with Crippen molar-refractivity contribution in [3.05, 3.63) is 0 Å². The predicted octanol–water partition coefficient (Wildman–Crippen LogP) is 1.57. The molecule has 2 atom stereocenters. The minimum absolute atomic E-state index is 0.0754.